The van der Waals surface area contributed by atoms with Crippen LogP contribution in [0.2, 0.25) is 0 Å². The summed E-state index contributed by atoms with van der Waals surface area (Å²) < 4.78 is 11.2. The Labute approximate surface area is 113 Å². The van der Waals surface area contributed by atoms with Gasteiger partial charge in [0.05, 0.1) is 13.2 Å². The van der Waals surface area contributed by atoms with Gasteiger partial charge in [0.2, 0.25) is 0 Å². The van der Waals surface area contributed by atoms with Gasteiger partial charge < -0.3 is 20.1 Å². The van der Waals surface area contributed by atoms with Crippen LogP contribution in [0.15, 0.2) is 18.2 Å². The zero-order valence-electron chi connectivity index (χ0n) is 11.2. The van der Waals surface area contributed by atoms with Gasteiger partial charge in [-0.05, 0) is 24.1 Å². The fraction of sp³-hybridized carbons (Fsp3) is 0.500. The highest BCUT2D eigenvalue weighted by Crippen LogP contribution is 2.30. The van der Waals surface area contributed by atoms with E-state index in [1.165, 1.54) is 0 Å². The first-order chi connectivity index (χ1) is 9.29. The predicted octanol–water partition coefficient (Wildman–Crippen LogP) is 2.06. The summed E-state index contributed by atoms with van der Waals surface area (Å²) in [5.74, 6) is 1.53. The van der Waals surface area contributed by atoms with E-state index >= 15 is 0 Å². The van der Waals surface area contributed by atoms with Gasteiger partial charge in [0.1, 0.15) is 0 Å². The molecule has 2 amide bonds. The minimum absolute atomic E-state index is 0.144. The molecule has 2 N–H and O–H groups in total. The molecule has 0 spiro atoms. The van der Waals surface area contributed by atoms with Gasteiger partial charge in [0.15, 0.2) is 11.5 Å². The molecule has 0 aromatic heterocycles. The van der Waals surface area contributed by atoms with Gasteiger partial charge in [-0.25, -0.2) is 4.79 Å². The molecular weight excluding hydrogens is 244 g/mol. The van der Waals surface area contributed by atoms with Crippen molar-refractivity contribution in [1.29, 1.82) is 0 Å². The number of amides is 2. The summed E-state index contributed by atoms with van der Waals surface area (Å²) in [6.07, 6.45) is 1.82. The Balaban J connectivity index is 1.90. The van der Waals surface area contributed by atoms with Gasteiger partial charge in [-0.1, -0.05) is 13.0 Å². The molecule has 1 aliphatic heterocycles. The molecule has 19 heavy (non-hydrogen) atoms. The van der Waals surface area contributed by atoms with E-state index in [1.807, 2.05) is 25.1 Å². The van der Waals surface area contributed by atoms with Crippen molar-refractivity contribution in [3.63, 3.8) is 0 Å². The lowest BCUT2D eigenvalue weighted by Crippen LogP contribution is -2.35. The molecule has 0 radical (unpaired) electrons. The van der Waals surface area contributed by atoms with Crippen LogP contribution >= 0.6 is 0 Å². The van der Waals surface area contributed by atoms with Crippen molar-refractivity contribution in [3.05, 3.63) is 23.8 Å². The first-order valence-electron chi connectivity index (χ1n) is 6.70. The summed E-state index contributed by atoms with van der Waals surface area (Å²) >= 11 is 0. The summed E-state index contributed by atoms with van der Waals surface area (Å²) in [4.78, 5) is 11.4. The van der Waals surface area contributed by atoms with E-state index in [0.29, 0.717) is 26.3 Å². The van der Waals surface area contributed by atoms with Gasteiger partial charge in [-0.15, -0.1) is 0 Å². The molecule has 1 heterocycles. The largest absolute Gasteiger partial charge is 0.490 e. The van der Waals surface area contributed by atoms with Gasteiger partial charge in [-0.3, -0.25) is 0 Å². The number of carbonyl (C=O) groups is 1. The number of rotatable bonds is 4. The standard InChI is InChI=1S/C14H20N2O3/c1-2-6-15-14(17)16-10-11-4-5-12-13(9-11)19-8-3-7-18-12/h4-5,9H,2-3,6-8,10H2,1H3,(H2,15,16,17). The lowest BCUT2D eigenvalue weighted by atomic mass is 10.2. The highest BCUT2D eigenvalue weighted by Gasteiger charge is 2.10. The Hall–Kier alpha value is -1.91. The number of fused-ring (bicyclic) bond motifs is 1. The van der Waals surface area contributed by atoms with E-state index in [1.54, 1.807) is 0 Å². The average Bonchev–Trinajstić information content (AvgIpc) is 2.67. The van der Waals surface area contributed by atoms with Crippen LogP contribution in [0.25, 0.3) is 0 Å². The summed E-state index contributed by atoms with van der Waals surface area (Å²) in [5.41, 5.74) is 0.996. The minimum Gasteiger partial charge on any atom is -0.490 e. The lowest BCUT2D eigenvalue weighted by Gasteiger charge is -2.10. The maximum absolute atomic E-state index is 11.4. The van der Waals surface area contributed by atoms with E-state index in [-0.39, 0.29) is 6.03 Å². The van der Waals surface area contributed by atoms with Crippen LogP contribution in [-0.4, -0.2) is 25.8 Å². The zero-order valence-corrected chi connectivity index (χ0v) is 11.2. The summed E-state index contributed by atoms with van der Waals surface area (Å²) in [6, 6.07) is 5.60. The van der Waals surface area contributed by atoms with Crippen molar-refractivity contribution in [3.8, 4) is 11.5 Å². The van der Waals surface area contributed by atoms with E-state index in [2.05, 4.69) is 10.6 Å². The number of hydrogen-bond donors (Lipinski definition) is 2. The fourth-order valence-electron chi connectivity index (χ4n) is 1.80. The van der Waals surface area contributed by atoms with Gasteiger partial charge >= 0.3 is 6.03 Å². The number of ether oxygens (including phenoxy) is 2. The van der Waals surface area contributed by atoms with Crippen molar-refractivity contribution in [2.45, 2.75) is 26.3 Å². The van der Waals surface area contributed by atoms with E-state index in [4.69, 9.17) is 9.47 Å². The van der Waals surface area contributed by atoms with Crippen LogP contribution in [-0.2, 0) is 6.54 Å². The Morgan fingerprint density at radius 1 is 1.21 bits per heavy atom. The third-order valence-electron chi connectivity index (χ3n) is 2.80. The predicted molar refractivity (Wildman–Crippen MR) is 72.6 cm³/mol. The second kappa shape index (κ2) is 6.87. The molecule has 0 bridgehead atoms. The van der Waals surface area contributed by atoms with Crippen LogP contribution in [0, 0.1) is 0 Å². The van der Waals surface area contributed by atoms with Crippen molar-refractivity contribution in [2.75, 3.05) is 19.8 Å². The monoisotopic (exact) mass is 264 g/mol. The highest BCUT2D eigenvalue weighted by atomic mass is 16.5. The second-order valence-corrected chi connectivity index (χ2v) is 4.44. The van der Waals surface area contributed by atoms with Crippen molar-refractivity contribution >= 4 is 6.03 Å². The number of hydrogen-bond acceptors (Lipinski definition) is 3. The molecule has 0 aliphatic carbocycles. The average molecular weight is 264 g/mol. The maximum atomic E-state index is 11.4. The van der Waals surface area contributed by atoms with Gasteiger partial charge in [0, 0.05) is 19.5 Å². The Bertz CT molecular complexity index is 435. The topological polar surface area (TPSA) is 59.6 Å². The van der Waals surface area contributed by atoms with Gasteiger partial charge in [-0.2, -0.15) is 0 Å². The fourth-order valence-corrected chi connectivity index (χ4v) is 1.80. The molecule has 0 saturated carbocycles. The highest BCUT2D eigenvalue weighted by molar-refractivity contribution is 5.73. The van der Waals surface area contributed by atoms with Crippen LogP contribution < -0.4 is 20.1 Å². The molecule has 0 fully saturated rings. The molecule has 0 saturated heterocycles. The molecular formula is C14H20N2O3. The maximum Gasteiger partial charge on any atom is 0.315 e. The third-order valence-corrected chi connectivity index (χ3v) is 2.80. The van der Waals surface area contributed by atoms with E-state index in [0.717, 1.165) is 29.9 Å². The van der Waals surface area contributed by atoms with Crippen LogP contribution in [0.3, 0.4) is 0 Å². The molecule has 5 nitrogen and oxygen atoms in total. The van der Waals surface area contributed by atoms with Crippen LogP contribution in [0.1, 0.15) is 25.3 Å². The van der Waals surface area contributed by atoms with Crippen molar-refractivity contribution in [1.82, 2.24) is 10.6 Å². The Kier molecular flexibility index (Phi) is 4.89. The number of urea groups is 1. The minimum atomic E-state index is -0.144. The van der Waals surface area contributed by atoms with Crippen molar-refractivity contribution in [2.24, 2.45) is 0 Å². The third kappa shape index (κ3) is 4.05. The summed E-state index contributed by atoms with van der Waals surface area (Å²) in [6.45, 7) is 4.54. The van der Waals surface area contributed by atoms with E-state index < -0.39 is 0 Å². The molecule has 1 aromatic rings. The Morgan fingerprint density at radius 3 is 2.79 bits per heavy atom. The van der Waals surface area contributed by atoms with Gasteiger partial charge in [0.25, 0.3) is 0 Å². The molecule has 2 rings (SSSR count). The smallest absolute Gasteiger partial charge is 0.315 e. The molecule has 0 atom stereocenters. The van der Waals surface area contributed by atoms with Crippen LogP contribution in [0.5, 0.6) is 11.5 Å². The Morgan fingerprint density at radius 2 is 2.00 bits per heavy atom. The molecule has 0 unspecified atom stereocenters. The number of nitrogens with one attached hydrogen (secondary N) is 2. The van der Waals surface area contributed by atoms with Crippen molar-refractivity contribution < 1.29 is 14.3 Å². The molecule has 5 heteroatoms. The SMILES string of the molecule is CCCNC(=O)NCc1ccc2c(c1)OCCCO2. The van der Waals surface area contributed by atoms with Crippen LogP contribution in [0.4, 0.5) is 4.79 Å². The molecule has 1 aromatic carbocycles. The number of benzene rings is 1. The summed E-state index contributed by atoms with van der Waals surface area (Å²) in [5, 5.41) is 5.58. The molecule has 104 valence electrons. The quantitative estimate of drug-likeness (QED) is 0.875. The first kappa shape index (κ1) is 13.5. The lowest BCUT2D eigenvalue weighted by molar-refractivity contribution is 0.240. The number of carbonyl (C=O) groups excluding carboxylic acids is 1. The molecule has 1 aliphatic rings. The normalized spacial score (nSPS) is 13.5. The zero-order chi connectivity index (χ0) is 13.5. The first-order valence-corrected chi connectivity index (χ1v) is 6.70. The second-order valence-electron chi connectivity index (χ2n) is 4.44. The van der Waals surface area contributed by atoms with E-state index in [9.17, 15) is 4.79 Å². The summed E-state index contributed by atoms with van der Waals surface area (Å²) in [7, 11) is 0.